The molecule has 3 N–H and O–H groups in total. The number of aromatic amines is 1. The third-order valence-corrected chi connectivity index (χ3v) is 3.28. The largest absolute Gasteiger partial charge is 0.354 e. The maximum absolute atomic E-state index is 14.0. The Bertz CT molecular complexity index is 683. The molecule has 3 heteroatoms. The Morgan fingerprint density at radius 1 is 1.05 bits per heavy atom. The summed E-state index contributed by atoms with van der Waals surface area (Å²) in [6, 6.07) is 15.1. The lowest BCUT2D eigenvalue weighted by atomic mass is 10.1. The molecule has 1 heterocycles. The summed E-state index contributed by atoms with van der Waals surface area (Å²) >= 11 is 0. The minimum absolute atomic E-state index is 0.215. The zero-order valence-corrected chi connectivity index (χ0v) is 10.5. The first kappa shape index (κ1) is 11.9. The van der Waals surface area contributed by atoms with Gasteiger partial charge >= 0.3 is 0 Å². The molecule has 0 saturated carbocycles. The summed E-state index contributed by atoms with van der Waals surface area (Å²) in [5.74, 6) is -0.215. The number of H-pyrrole nitrogens is 1. The third kappa shape index (κ3) is 2.25. The number of nitrogens with one attached hydrogen (secondary N) is 1. The summed E-state index contributed by atoms with van der Waals surface area (Å²) in [6.45, 7) is 0.567. The fourth-order valence-electron chi connectivity index (χ4n) is 2.32. The molecular weight excluding hydrogens is 239 g/mol. The number of hydrogen-bond acceptors (Lipinski definition) is 1. The second-order valence-corrected chi connectivity index (χ2v) is 4.62. The molecule has 0 radical (unpaired) electrons. The minimum Gasteiger partial charge on any atom is -0.354 e. The van der Waals surface area contributed by atoms with Crippen molar-refractivity contribution in [1.82, 2.24) is 4.98 Å². The Hall–Kier alpha value is -2.13. The van der Waals surface area contributed by atoms with Crippen LogP contribution in [0.2, 0.25) is 0 Å². The van der Waals surface area contributed by atoms with Crippen molar-refractivity contribution in [3.63, 3.8) is 0 Å². The molecule has 0 bridgehead atoms. The van der Waals surface area contributed by atoms with Crippen molar-refractivity contribution in [3.8, 4) is 11.3 Å². The Morgan fingerprint density at radius 3 is 2.68 bits per heavy atom. The lowest BCUT2D eigenvalue weighted by molar-refractivity contribution is 0.630. The van der Waals surface area contributed by atoms with Crippen molar-refractivity contribution >= 4 is 10.9 Å². The van der Waals surface area contributed by atoms with E-state index in [-0.39, 0.29) is 5.82 Å². The molecule has 0 saturated heterocycles. The van der Waals surface area contributed by atoms with Gasteiger partial charge in [-0.15, -0.1) is 0 Å². The summed E-state index contributed by atoms with van der Waals surface area (Å²) in [7, 11) is 0. The van der Waals surface area contributed by atoms with E-state index in [9.17, 15) is 4.39 Å². The fourth-order valence-corrected chi connectivity index (χ4v) is 2.32. The predicted molar refractivity (Wildman–Crippen MR) is 76.5 cm³/mol. The monoisotopic (exact) mass is 254 g/mol. The van der Waals surface area contributed by atoms with Gasteiger partial charge < -0.3 is 10.7 Å². The first-order valence-electron chi connectivity index (χ1n) is 6.34. The van der Waals surface area contributed by atoms with Crippen molar-refractivity contribution in [2.75, 3.05) is 6.54 Å². The van der Waals surface area contributed by atoms with Crippen molar-refractivity contribution in [2.45, 2.75) is 6.42 Å². The third-order valence-electron chi connectivity index (χ3n) is 3.28. The Morgan fingerprint density at radius 2 is 1.89 bits per heavy atom. The smallest absolute Gasteiger partial charge is 0.132 e. The number of halogens is 1. The molecule has 2 aromatic carbocycles. The van der Waals surface area contributed by atoms with E-state index in [1.807, 2.05) is 36.4 Å². The summed E-state index contributed by atoms with van der Waals surface area (Å²) in [6.07, 6.45) is 0.757. The van der Waals surface area contributed by atoms with Crippen molar-refractivity contribution < 1.29 is 4.39 Å². The highest BCUT2D eigenvalue weighted by Gasteiger charge is 2.09. The van der Waals surface area contributed by atoms with E-state index in [2.05, 4.69) is 4.98 Å². The van der Waals surface area contributed by atoms with Crippen molar-refractivity contribution in [1.29, 1.82) is 0 Å². The summed E-state index contributed by atoms with van der Waals surface area (Å²) in [5, 5.41) is 1.08. The highest BCUT2D eigenvalue weighted by atomic mass is 19.1. The number of para-hydroxylation sites is 1. The molecule has 0 atom stereocenters. The van der Waals surface area contributed by atoms with Crippen LogP contribution in [0.1, 0.15) is 5.56 Å². The number of rotatable bonds is 3. The lowest BCUT2D eigenvalue weighted by Gasteiger charge is -2.04. The van der Waals surface area contributed by atoms with Crippen LogP contribution in [0.3, 0.4) is 0 Å². The fraction of sp³-hybridized carbons (Fsp3) is 0.125. The van der Waals surface area contributed by atoms with Crippen molar-refractivity contribution in [2.24, 2.45) is 5.73 Å². The van der Waals surface area contributed by atoms with Crippen LogP contribution in [0.15, 0.2) is 48.5 Å². The number of benzene rings is 2. The van der Waals surface area contributed by atoms with E-state index in [0.717, 1.165) is 28.6 Å². The normalized spacial score (nSPS) is 11.1. The first-order valence-corrected chi connectivity index (χ1v) is 6.34. The molecule has 96 valence electrons. The number of aromatic nitrogens is 1. The molecule has 0 fully saturated rings. The van der Waals surface area contributed by atoms with Gasteiger partial charge in [0.15, 0.2) is 0 Å². The minimum atomic E-state index is -0.215. The molecule has 0 aliphatic carbocycles. The molecule has 1 aromatic heterocycles. The topological polar surface area (TPSA) is 41.8 Å². The molecule has 19 heavy (non-hydrogen) atoms. The Kier molecular flexibility index (Phi) is 3.05. The van der Waals surface area contributed by atoms with Gasteiger partial charge in [0, 0.05) is 22.2 Å². The van der Waals surface area contributed by atoms with Gasteiger partial charge in [-0.05, 0) is 42.8 Å². The highest BCUT2D eigenvalue weighted by molar-refractivity contribution is 5.85. The summed E-state index contributed by atoms with van der Waals surface area (Å²) in [5.41, 5.74) is 9.02. The van der Waals surface area contributed by atoms with Crippen LogP contribution in [0.5, 0.6) is 0 Å². The van der Waals surface area contributed by atoms with Crippen LogP contribution in [-0.2, 0) is 6.42 Å². The van der Waals surface area contributed by atoms with Crippen LogP contribution in [0.25, 0.3) is 22.2 Å². The molecule has 0 amide bonds. The van der Waals surface area contributed by atoms with Gasteiger partial charge in [-0.3, -0.25) is 0 Å². The van der Waals surface area contributed by atoms with Gasteiger partial charge in [-0.25, -0.2) is 4.39 Å². The number of hydrogen-bond donors (Lipinski definition) is 2. The SMILES string of the molecule is NCCc1ccc(F)c(-c2cc3ccccc3[nH]2)c1. The van der Waals surface area contributed by atoms with Gasteiger partial charge in [0.25, 0.3) is 0 Å². The molecule has 0 aliphatic heterocycles. The van der Waals surface area contributed by atoms with Gasteiger partial charge in [0.2, 0.25) is 0 Å². The second-order valence-electron chi connectivity index (χ2n) is 4.62. The van der Waals surface area contributed by atoms with Gasteiger partial charge in [0.05, 0.1) is 0 Å². The molecule has 3 aromatic rings. The number of fused-ring (bicyclic) bond motifs is 1. The average Bonchev–Trinajstić information content (AvgIpc) is 2.85. The van der Waals surface area contributed by atoms with Crippen LogP contribution < -0.4 is 5.73 Å². The van der Waals surface area contributed by atoms with Crippen molar-refractivity contribution in [3.05, 3.63) is 59.9 Å². The molecule has 2 nitrogen and oxygen atoms in total. The highest BCUT2D eigenvalue weighted by Crippen LogP contribution is 2.27. The molecular formula is C16H15FN2. The van der Waals surface area contributed by atoms with E-state index in [1.54, 1.807) is 6.07 Å². The lowest BCUT2D eigenvalue weighted by Crippen LogP contribution is -2.03. The quantitative estimate of drug-likeness (QED) is 0.738. The van der Waals surface area contributed by atoms with Gasteiger partial charge in [0.1, 0.15) is 5.82 Å². The zero-order valence-electron chi connectivity index (χ0n) is 10.5. The Labute approximate surface area is 111 Å². The molecule has 3 rings (SSSR count). The first-order chi connectivity index (χ1) is 9.28. The second kappa shape index (κ2) is 4.86. The van der Waals surface area contributed by atoms with Gasteiger partial charge in [-0.2, -0.15) is 0 Å². The van der Waals surface area contributed by atoms with E-state index in [1.165, 1.54) is 6.07 Å². The van der Waals surface area contributed by atoms with E-state index in [4.69, 9.17) is 5.73 Å². The van der Waals surface area contributed by atoms with Crippen LogP contribution in [-0.4, -0.2) is 11.5 Å². The summed E-state index contributed by atoms with van der Waals surface area (Å²) < 4.78 is 14.0. The van der Waals surface area contributed by atoms with Gasteiger partial charge in [-0.1, -0.05) is 24.3 Å². The van der Waals surface area contributed by atoms with Crippen LogP contribution >= 0.6 is 0 Å². The van der Waals surface area contributed by atoms with Crippen LogP contribution in [0, 0.1) is 5.82 Å². The number of nitrogens with two attached hydrogens (primary N) is 1. The van der Waals surface area contributed by atoms with E-state index < -0.39 is 0 Å². The van der Waals surface area contributed by atoms with E-state index >= 15 is 0 Å². The maximum atomic E-state index is 14.0. The zero-order chi connectivity index (χ0) is 13.2. The molecule has 0 aliphatic rings. The van der Waals surface area contributed by atoms with E-state index in [0.29, 0.717) is 12.1 Å². The molecule has 0 unspecified atom stereocenters. The predicted octanol–water partition coefficient (Wildman–Crippen LogP) is 3.48. The maximum Gasteiger partial charge on any atom is 0.132 e. The summed E-state index contributed by atoms with van der Waals surface area (Å²) in [4.78, 5) is 3.25. The standard InChI is InChI=1S/C16H15FN2/c17-14-6-5-11(7-8-18)9-13(14)16-10-12-3-1-2-4-15(12)19-16/h1-6,9-10,19H,7-8,18H2. The average molecular weight is 254 g/mol. The molecule has 0 spiro atoms. The van der Waals surface area contributed by atoms with Crippen LogP contribution in [0.4, 0.5) is 4.39 Å². The Balaban J connectivity index is 2.11.